The van der Waals surface area contributed by atoms with Crippen LogP contribution in [0.5, 0.6) is 5.75 Å². The summed E-state index contributed by atoms with van der Waals surface area (Å²) in [6.45, 7) is 2.53. The lowest BCUT2D eigenvalue weighted by molar-refractivity contribution is -0.123. The number of nitrogens with two attached hydrogens (primary N) is 2. The molecule has 4 aromatic rings. The van der Waals surface area contributed by atoms with E-state index in [1.165, 1.54) is 24.5 Å². The number of hydrogen-bond donors (Lipinski definition) is 6. The number of imidazole rings is 1. The molecule has 8 N–H and O–H groups in total. The third kappa shape index (κ3) is 9.47. The first-order chi connectivity index (χ1) is 23.2. The van der Waals surface area contributed by atoms with Crippen molar-refractivity contribution in [1.82, 2.24) is 25.0 Å². The van der Waals surface area contributed by atoms with E-state index < -0.39 is 17.7 Å². The third-order valence-electron chi connectivity index (χ3n) is 7.07. The molecule has 0 saturated heterocycles. The minimum Gasteiger partial charge on any atom is -0.483 e. The number of fused-ring (bicyclic) bond motifs is 1. The molecule has 0 fully saturated rings. The topological polar surface area (TPSA) is 199 Å². The number of unbranched alkanes of at least 4 members (excludes halogenated alkanes) is 1. The SMILES string of the molecule is C#CCOc1ccc(-c2cnc3c(Nc4ccc(C(=O)NCCNC(=O)[C@@H](N)CCCCN)c(CC)c4)nccn23)c(F)c1F.O=CO. The summed E-state index contributed by atoms with van der Waals surface area (Å²) in [5, 5.41) is 15.7. The zero-order valence-electron chi connectivity index (χ0n) is 26.3. The van der Waals surface area contributed by atoms with E-state index in [-0.39, 0.29) is 49.3 Å². The summed E-state index contributed by atoms with van der Waals surface area (Å²) in [5.41, 5.74) is 14.0. The highest BCUT2D eigenvalue weighted by molar-refractivity contribution is 5.96. The molecule has 48 heavy (non-hydrogen) atoms. The highest BCUT2D eigenvalue weighted by Gasteiger charge is 2.20. The lowest BCUT2D eigenvalue weighted by Gasteiger charge is -2.14. The van der Waals surface area contributed by atoms with Crippen LogP contribution in [0.3, 0.4) is 0 Å². The Morgan fingerprint density at radius 2 is 1.90 bits per heavy atom. The standard InChI is InChI=1S/C32H36F2N8O3.CH2O2/c1-3-17-45-26-11-10-23(27(33)28(26)34)25-19-40-30-29(37-15-16-42(25)30)41-21-8-9-22(20(4-2)18-21)31(43)38-13-14-39-32(44)24(36)7-5-6-12-35;2-1-3/h1,8-11,15-16,18-19,24H,4-7,12-14,17,35-36H2,2H3,(H,37,41)(H,38,43)(H,39,44);1H,(H,2,3)/t24-;/m0./s1. The van der Waals surface area contributed by atoms with Crippen LogP contribution < -0.4 is 32.2 Å². The fraction of sp³-hybridized carbons (Fsp3) is 0.303. The van der Waals surface area contributed by atoms with Crippen molar-refractivity contribution in [2.45, 2.75) is 38.6 Å². The second-order valence-electron chi connectivity index (χ2n) is 10.2. The van der Waals surface area contributed by atoms with E-state index in [1.807, 2.05) is 13.0 Å². The van der Waals surface area contributed by atoms with Crippen molar-refractivity contribution in [3.05, 3.63) is 71.7 Å². The van der Waals surface area contributed by atoms with Gasteiger partial charge in [-0.05, 0) is 61.7 Å². The van der Waals surface area contributed by atoms with Crippen LogP contribution in [0.1, 0.15) is 42.1 Å². The maximum absolute atomic E-state index is 15.0. The lowest BCUT2D eigenvalue weighted by atomic mass is 10.0. The van der Waals surface area contributed by atoms with Gasteiger partial charge >= 0.3 is 0 Å². The molecule has 0 unspecified atom stereocenters. The molecule has 2 heterocycles. The minimum atomic E-state index is -1.15. The number of anilines is 2. The van der Waals surface area contributed by atoms with Crippen molar-refractivity contribution >= 4 is 35.4 Å². The van der Waals surface area contributed by atoms with Crippen molar-refractivity contribution in [3.63, 3.8) is 0 Å². The summed E-state index contributed by atoms with van der Waals surface area (Å²) < 4.78 is 36.3. The second kappa shape index (κ2) is 18.5. The van der Waals surface area contributed by atoms with Gasteiger partial charge in [-0.25, -0.2) is 14.4 Å². The zero-order chi connectivity index (χ0) is 35.1. The maximum atomic E-state index is 15.0. The van der Waals surface area contributed by atoms with Crippen LogP contribution in [0.25, 0.3) is 16.9 Å². The minimum absolute atomic E-state index is 0.0150. The van der Waals surface area contributed by atoms with E-state index >= 15 is 0 Å². The van der Waals surface area contributed by atoms with Gasteiger partial charge in [0.25, 0.3) is 12.4 Å². The Hall–Kier alpha value is -5.59. The number of carboxylic acid groups (broad SMARTS) is 1. The third-order valence-corrected chi connectivity index (χ3v) is 7.07. The molecule has 15 heteroatoms. The van der Waals surface area contributed by atoms with Crippen LogP contribution in [0.2, 0.25) is 0 Å². The quantitative estimate of drug-likeness (QED) is 0.0624. The summed E-state index contributed by atoms with van der Waals surface area (Å²) in [6.07, 6.45) is 12.4. The highest BCUT2D eigenvalue weighted by Crippen LogP contribution is 2.32. The molecule has 2 aromatic heterocycles. The van der Waals surface area contributed by atoms with Crippen molar-refractivity contribution < 1.29 is 33.0 Å². The molecular formula is C33H38F2N8O5. The monoisotopic (exact) mass is 664 g/mol. The smallest absolute Gasteiger partial charge is 0.290 e. The molecule has 0 spiro atoms. The Labute approximate surface area is 276 Å². The summed E-state index contributed by atoms with van der Waals surface area (Å²) in [4.78, 5) is 42.2. The lowest BCUT2D eigenvalue weighted by Crippen LogP contribution is -2.43. The molecular weight excluding hydrogens is 626 g/mol. The van der Waals surface area contributed by atoms with Gasteiger partial charge in [0.1, 0.15) is 6.61 Å². The predicted octanol–water partition coefficient (Wildman–Crippen LogP) is 3.00. The number of halogens is 2. The fourth-order valence-electron chi connectivity index (χ4n) is 4.72. The van der Waals surface area contributed by atoms with Crippen LogP contribution >= 0.6 is 0 Å². The molecule has 2 amide bonds. The van der Waals surface area contributed by atoms with Gasteiger partial charge in [0, 0.05) is 42.3 Å². The summed E-state index contributed by atoms with van der Waals surface area (Å²) >= 11 is 0. The number of nitrogens with one attached hydrogen (secondary N) is 3. The van der Waals surface area contributed by atoms with Crippen LogP contribution in [0.4, 0.5) is 20.3 Å². The first-order valence-electron chi connectivity index (χ1n) is 15.1. The summed E-state index contributed by atoms with van der Waals surface area (Å²) in [7, 11) is 0. The summed E-state index contributed by atoms with van der Waals surface area (Å²) in [5.74, 6) is -0.476. The Morgan fingerprint density at radius 3 is 2.60 bits per heavy atom. The van der Waals surface area contributed by atoms with E-state index in [4.69, 9.17) is 32.5 Å². The van der Waals surface area contributed by atoms with Crippen molar-refractivity contribution in [3.8, 4) is 29.4 Å². The van der Waals surface area contributed by atoms with Gasteiger partial charge in [-0.3, -0.25) is 18.8 Å². The normalized spacial score (nSPS) is 11.1. The first-order valence-corrected chi connectivity index (χ1v) is 15.1. The number of terminal acetylenes is 1. The number of carbonyl (C=O) groups is 3. The number of amides is 2. The summed E-state index contributed by atoms with van der Waals surface area (Å²) in [6, 6.07) is 7.36. The van der Waals surface area contributed by atoms with E-state index in [2.05, 4.69) is 31.8 Å². The number of rotatable bonds is 15. The highest BCUT2D eigenvalue weighted by atomic mass is 19.2. The van der Waals surface area contributed by atoms with Crippen molar-refractivity contribution in [2.75, 3.05) is 31.6 Å². The van der Waals surface area contributed by atoms with Gasteiger partial charge in [0.05, 0.1) is 17.9 Å². The van der Waals surface area contributed by atoms with Crippen LogP contribution in [0.15, 0.2) is 48.9 Å². The van der Waals surface area contributed by atoms with Gasteiger partial charge in [0.2, 0.25) is 11.7 Å². The molecule has 0 bridgehead atoms. The Balaban J connectivity index is 0.00000201. The van der Waals surface area contributed by atoms with E-state index in [9.17, 15) is 18.4 Å². The number of aryl methyl sites for hydroxylation is 1. The molecule has 2 aromatic carbocycles. The van der Waals surface area contributed by atoms with E-state index in [1.54, 1.807) is 22.7 Å². The van der Waals surface area contributed by atoms with Crippen LogP contribution in [-0.2, 0) is 16.0 Å². The zero-order valence-corrected chi connectivity index (χ0v) is 26.3. The Morgan fingerprint density at radius 1 is 1.15 bits per heavy atom. The van der Waals surface area contributed by atoms with Crippen molar-refractivity contribution in [1.29, 1.82) is 0 Å². The first kappa shape index (κ1) is 36.9. The fourth-order valence-corrected chi connectivity index (χ4v) is 4.72. The average molecular weight is 665 g/mol. The largest absolute Gasteiger partial charge is 0.483 e. The van der Waals surface area contributed by atoms with E-state index in [0.717, 1.165) is 18.4 Å². The molecule has 13 nitrogen and oxygen atoms in total. The number of hydrogen-bond acceptors (Lipinski definition) is 9. The molecule has 0 aliphatic rings. The number of ether oxygens (including phenoxy) is 1. The van der Waals surface area contributed by atoms with Gasteiger partial charge in [-0.1, -0.05) is 19.3 Å². The van der Waals surface area contributed by atoms with Gasteiger partial charge < -0.3 is 37.3 Å². The predicted molar refractivity (Wildman–Crippen MR) is 177 cm³/mol. The molecule has 254 valence electrons. The second-order valence-corrected chi connectivity index (χ2v) is 10.2. The van der Waals surface area contributed by atoms with Crippen LogP contribution in [-0.4, -0.2) is 70.0 Å². The number of carbonyl (C=O) groups excluding carboxylic acids is 2. The van der Waals surface area contributed by atoms with Crippen LogP contribution in [0, 0.1) is 24.0 Å². The van der Waals surface area contributed by atoms with E-state index in [0.29, 0.717) is 47.8 Å². The average Bonchev–Trinajstić information content (AvgIpc) is 3.52. The Kier molecular flexibility index (Phi) is 14.2. The van der Waals surface area contributed by atoms with Crippen molar-refractivity contribution in [2.24, 2.45) is 11.5 Å². The molecule has 0 aliphatic heterocycles. The molecule has 1 atom stereocenters. The molecule has 0 aliphatic carbocycles. The molecule has 4 rings (SSSR count). The molecule has 0 radical (unpaired) electrons. The molecule has 0 saturated carbocycles. The Bertz CT molecular complexity index is 1760. The van der Waals surface area contributed by atoms with Gasteiger partial charge in [-0.2, -0.15) is 4.39 Å². The number of aromatic nitrogens is 3. The number of benzene rings is 2. The van der Waals surface area contributed by atoms with Gasteiger partial charge in [0.15, 0.2) is 23.0 Å². The maximum Gasteiger partial charge on any atom is 0.290 e. The van der Waals surface area contributed by atoms with Gasteiger partial charge in [-0.15, -0.1) is 6.42 Å². The number of nitrogens with zero attached hydrogens (tertiary/aromatic N) is 3.